The van der Waals surface area contributed by atoms with Crippen molar-refractivity contribution in [2.24, 2.45) is 0 Å². The highest BCUT2D eigenvalue weighted by Gasteiger charge is 2.17. The van der Waals surface area contributed by atoms with Crippen LogP contribution in [-0.2, 0) is 17.7 Å². The van der Waals surface area contributed by atoms with E-state index in [1.54, 1.807) is 0 Å². The predicted molar refractivity (Wildman–Crippen MR) is 86.5 cm³/mol. The van der Waals surface area contributed by atoms with Crippen LogP contribution in [0.25, 0.3) is 0 Å². The Morgan fingerprint density at radius 1 is 1.43 bits per heavy atom. The maximum atomic E-state index is 5.86. The summed E-state index contributed by atoms with van der Waals surface area (Å²) in [4.78, 5) is 0. The van der Waals surface area contributed by atoms with Gasteiger partial charge in [0.05, 0.1) is 12.3 Å². The first-order valence-electron chi connectivity index (χ1n) is 8.68. The summed E-state index contributed by atoms with van der Waals surface area (Å²) in [6, 6.07) is 0.546. The van der Waals surface area contributed by atoms with Crippen LogP contribution < -0.4 is 5.32 Å². The molecule has 0 radical (unpaired) electrons. The zero-order valence-electron chi connectivity index (χ0n) is 13.7. The maximum absolute atomic E-state index is 5.86. The fourth-order valence-electron chi connectivity index (χ4n) is 3.02. The van der Waals surface area contributed by atoms with Gasteiger partial charge in [-0.05, 0) is 64.0 Å². The highest BCUT2D eigenvalue weighted by atomic mass is 16.5. The number of hydrogen-bond donors (Lipinski definition) is 1. The minimum absolute atomic E-state index is 0.489. The van der Waals surface area contributed by atoms with Gasteiger partial charge in [0.2, 0.25) is 0 Å². The number of aromatic nitrogens is 2. The molecule has 4 heteroatoms. The molecule has 0 aliphatic carbocycles. The molecule has 1 saturated heterocycles. The summed E-state index contributed by atoms with van der Waals surface area (Å²) in [5.74, 6) is 0. The van der Waals surface area contributed by atoms with E-state index in [0.29, 0.717) is 12.1 Å². The van der Waals surface area contributed by atoms with E-state index in [4.69, 9.17) is 4.74 Å². The molecular weight excluding hydrogens is 262 g/mol. The molecule has 1 aliphatic heterocycles. The van der Waals surface area contributed by atoms with Crippen LogP contribution >= 0.6 is 0 Å². The van der Waals surface area contributed by atoms with E-state index in [-0.39, 0.29) is 0 Å². The van der Waals surface area contributed by atoms with Gasteiger partial charge in [-0.1, -0.05) is 6.92 Å². The third kappa shape index (κ3) is 5.79. The average molecular weight is 293 g/mol. The molecule has 1 aromatic heterocycles. The quantitative estimate of drug-likeness (QED) is 0.760. The average Bonchev–Trinajstić information content (AvgIpc) is 2.98. The first kappa shape index (κ1) is 16.5. The van der Waals surface area contributed by atoms with Crippen molar-refractivity contribution < 1.29 is 4.74 Å². The summed E-state index contributed by atoms with van der Waals surface area (Å²) in [6.45, 7) is 7.36. The number of ether oxygens (including phenoxy) is 1. The first-order valence-corrected chi connectivity index (χ1v) is 8.68. The lowest BCUT2D eigenvalue weighted by Gasteiger charge is -2.25. The van der Waals surface area contributed by atoms with E-state index in [2.05, 4.69) is 30.5 Å². The van der Waals surface area contributed by atoms with Crippen LogP contribution in [-0.4, -0.2) is 35.1 Å². The Morgan fingerprint density at radius 3 is 3.00 bits per heavy atom. The molecular formula is C17H31N3O. The SMILES string of the molecule is CCCNC(CCC1CCCCO1)Cc1cnn(CC)c1. The lowest BCUT2D eigenvalue weighted by Crippen LogP contribution is -2.33. The van der Waals surface area contributed by atoms with Gasteiger partial charge in [0.1, 0.15) is 0 Å². The third-order valence-corrected chi connectivity index (χ3v) is 4.29. The molecule has 1 N–H and O–H groups in total. The van der Waals surface area contributed by atoms with Gasteiger partial charge in [0.15, 0.2) is 0 Å². The Morgan fingerprint density at radius 2 is 2.33 bits per heavy atom. The topological polar surface area (TPSA) is 39.1 Å². The number of hydrogen-bond acceptors (Lipinski definition) is 3. The van der Waals surface area contributed by atoms with Crippen molar-refractivity contribution in [1.29, 1.82) is 0 Å². The summed E-state index contributed by atoms with van der Waals surface area (Å²) >= 11 is 0. The van der Waals surface area contributed by atoms with Gasteiger partial charge < -0.3 is 10.1 Å². The van der Waals surface area contributed by atoms with Crippen molar-refractivity contribution in [2.75, 3.05) is 13.2 Å². The highest BCUT2D eigenvalue weighted by Crippen LogP contribution is 2.19. The van der Waals surface area contributed by atoms with Gasteiger partial charge in [-0.15, -0.1) is 0 Å². The Kier molecular flexibility index (Phi) is 7.24. The van der Waals surface area contributed by atoms with Gasteiger partial charge in [-0.2, -0.15) is 5.10 Å². The molecule has 2 heterocycles. The number of nitrogens with one attached hydrogen (secondary N) is 1. The fourth-order valence-corrected chi connectivity index (χ4v) is 3.02. The summed E-state index contributed by atoms with van der Waals surface area (Å²) < 4.78 is 7.87. The highest BCUT2D eigenvalue weighted by molar-refractivity contribution is 5.06. The van der Waals surface area contributed by atoms with Crippen LogP contribution in [0.2, 0.25) is 0 Å². The lowest BCUT2D eigenvalue weighted by molar-refractivity contribution is 0.00858. The van der Waals surface area contributed by atoms with E-state index in [0.717, 1.165) is 26.1 Å². The molecule has 2 atom stereocenters. The summed E-state index contributed by atoms with van der Waals surface area (Å²) in [5.41, 5.74) is 1.34. The molecule has 2 rings (SSSR count). The molecule has 1 aromatic rings. The van der Waals surface area contributed by atoms with Crippen molar-refractivity contribution in [2.45, 2.75) is 77.5 Å². The molecule has 120 valence electrons. The Bertz CT molecular complexity index is 385. The Labute approximate surface area is 129 Å². The van der Waals surface area contributed by atoms with Crippen LogP contribution in [0.15, 0.2) is 12.4 Å². The van der Waals surface area contributed by atoms with E-state index < -0.39 is 0 Å². The van der Waals surface area contributed by atoms with Gasteiger partial charge >= 0.3 is 0 Å². The maximum Gasteiger partial charge on any atom is 0.0575 e. The Hall–Kier alpha value is -0.870. The van der Waals surface area contributed by atoms with Crippen LogP contribution in [0.5, 0.6) is 0 Å². The van der Waals surface area contributed by atoms with E-state index >= 15 is 0 Å². The molecule has 4 nitrogen and oxygen atoms in total. The van der Waals surface area contributed by atoms with Crippen LogP contribution in [0.3, 0.4) is 0 Å². The van der Waals surface area contributed by atoms with Crippen molar-refractivity contribution in [3.63, 3.8) is 0 Å². The molecule has 0 saturated carbocycles. The van der Waals surface area contributed by atoms with Crippen LogP contribution in [0.4, 0.5) is 0 Å². The van der Waals surface area contributed by atoms with E-state index in [9.17, 15) is 0 Å². The molecule has 21 heavy (non-hydrogen) atoms. The second-order valence-corrected chi connectivity index (χ2v) is 6.13. The van der Waals surface area contributed by atoms with E-state index in [1.807, 2.05) is 10.9 Å². The van der Waals surface area contributed by atoms with Crippen molar-refractivity contribution >= 4 is 0 Å². The van der Waals surface area contributed by atoms with Crippen LogP contribution in [0.1, 0.15) is 57.9 Å². The largest absolute Gasteiger partial charge is 0.378 e. The molecule has 1 fully saturated rings. The standard InChI is InChI=1S/C17H31N3O/c1-3-10-18-16(8-9-17-7-5-6-11-21-17)12-15-13-19-20(4-2)14-15/h13-14,16-18H,3-12H2,1-2H3. The Balaban J connectivity index is 1.81. The number of aryl methyl sites for hydroxylation is 1. The molecule has 0 spiro atoms. The molecule has 0 amide bonds. The van der Waals surface area contributed by atoms with E-state index in [1.165, 1.54) is 44.1 Å². The number of nitrogens with zero attached hydrogens (tertiary/aromatic N) is 2. The second-order valence-electron chi connectivity index (χ2n) is 6.13. The summed E-state index contributed by atoms with van der Waals surface area (Å²) in [6.07, 6.45) is 13.1. The number of rotatable bonds is 9. The monoisotopic (exact) mass is 293 g/mol. The molecule has 2 unspecified atom stereocenters. The zero-order valence-corrected chi connectivity index (χ0v) is 13.7. The lowest BCUT2D eigenvalue weighted by atomic mass is 9.98. The van der Waals surface area contributed by atoms with Gasteiger partial charge in [0, 0.05) is 25.4 Å². The minimum atomic E-state index is 0.489. The summed E-state index contributed by atoms with van der Waals surface area (Å²) in [7, 11) is 0. The first-order chi connectivity index (χ1) is 10.3. The van der Waals surface area contributed by atoms with Gasteiger partial charge in [-0.3, -0.25) is 4.68 Å². The van der Waals surface area contributed by atoms with Crippen molar-refractivity contribution in [3.05, 3.63) is 18.0 Å². The normalized spacial score (nSPS) is 20.6. The van der Waals surface area contributed by atoms with Gasteiger partial charge in [-0.25, -0.2) is 0 Å². The van der Waals surface area contributed by atoms with Crippen molar-refractivity contribution in [3.8, 4) is 0 Å². The zero-order chi connectivity index (χ0) is 14.9. The molecule has 0 aromatic carbocycles. The van der Waals surface area contributed by atoms with Crippen molar-refractivity contribution in [1.82, 2.24) is 15.1 Å². The van der Waals surface area contributed by atoms with Gasteiger partial charge in [0.25, 0.3) is 0 Å². The molecule has 1 aliphatic rings. The third-order valence-electron chi connectivity index (χ3n) is 4.29. The smallest absolute Gasteiger partial charge is 0.0575 e. The predicted octanol–water partition coefficient (Wildman–Crippen LogP) is 3.16. The van der Waals surface area contributed by atoms with Crippen LogP contribution in [0, 0.1) is 0 Å². The second kappa shape index (κ2) is 9.21. The molecule has 0 bridgehead atoms. The fraction of sp³-hybridized carbons (Fsp3) is 0.824. The minimum Gasteiger partial charge on any atom is -0.378 e. The summed E-state index contributed by atoms with van der Waals surface area (Å²) in [5, 5.41) is 8.07.